The first-order chi connectivity index (χ1) is 11.2. The normalized spacial score (nSPS) is 19.2. The number of carbonyl (C=O) groups excluding carboxylic acids is 1. The number of nitrogens with two attached hydrogens (primary N) is 1. The van der Waals surface area contributed by atoms with Crippen molar-refractivity contribution in [1.29, 1.82) is 0 Å². The van der Waals surface area contributed by atoms with Crippen LogP contribution in [0.2, 0.25) is 0 Å². The van der Waals surface area contributed by atoms with Gasteiger partial charge in [-0.3, -0.25) is 4.79 Å². The van der Waals surface area contributed by atoms with E-state index in [1.165, 1.54) is 36.1 Å². The van der Waals surface area contributed by atoms with Crippen molar-refractivity contribution >= 4 is 47.2 Å². The zero-order chi connectivity index (χ0) is 16.1. The van der Waals surface area contributed by atoms with Gasteiger partial charge in [0, 0.05) is 24.0 Å². The molecule has 0 unspecified atom stereocenters. The summed E-state index contributed by atoms with van der Waals surface area (Å²) in [6.45, 7) is 1.64. The summed E-state index contributed by atoms with van der Waals surface area (Å²) in [5, 5.41) is 5.39. The van der Waals surface area contributed by atoms with Gasteiger partial charge in [-0.1, -0.05) is 25.7 Å². The lowest BCUT2D eigenvalue weighted by atomic mass is 10.1. The number of guanidine groups is 1. The molecule has 7 heteroatoms. The Morgan fingerprint density at radius 3 is 2.83 bits per heavy atom. The van der Waals surface area contributed by atoms with Gasteiger partial charge < -0.3 is 16.0 Å². The van der Waals surface area contributed by atoms with E-state index in [0.29, 0.717) is 18.5 Å². The Morgan fingerprint density at radius 2 is 2.08 bits per heavy atom. The van der Waals surface area contributed by atoms with E-state index < -0.39 is 0 Å². The minimum absolute atomic E-state index is 0. The summed E-state index contributed by atoms with van der Waals surface area (Å²) >= 11 is 1.78. The molecule has 134 valence electrons. The van der Waals surface area contributed by atoms with Gasteiger partial charge >= 0.3 is 0 Å². The Morgan fingerprint density at radius 1 is 1.33 bits per heavy atom. The molecule has 0 radical (unpaired) electrons. The van der Waals surface area contributed by atoms with Crippen LogP contribution in [0, 0.1) is 0 Å². The summed E-state index contributed by atoms with van der Waals surface area (Å²) in [6, 6.07) is 2.53. The Bertz CT molecular complexity index is 567. The molecule has 0 aromatic carbocycles. The Balaban J connectivity index is 0.00000208. The molecule has 1 saturated carbocycles. The van der Waals surface area contributed by atoms with E-state index in [4.69, 9.17) is 5.73 Å². The number of halogens is 1. The second-order valence-electron chi connectivity index (χ2n) is 6.47. The second-order valence-corrected chi connectivity index (χ2v) is 7.47. The fourth-order valence-electron chi connectivity index (χ4n) is 3.39. The molecule has 5 nitrogen and oxygen atoms in total. The fraction of sp³-hybridized carbons (Fsp3) is 0.647. The highest BCUT2D eigenvalue weighted by Gasteiger charge is 2.21. The zero-order valence-electron chi connectivity index (χ0n) is 14.0. The number of nitrogens with zero attached hydrogens (tertiary/aromatic N) is 2. The summed E-state index contributed by atoms with van der Waals surface area (Å²) in [5.41, 5.74) is 7.24. The highest BCUT2D eigenvalue weighted by atomic mass is 127. The summed E-state index contributed by atoms with van der Waals surface area (Å²) < 4.78 is 0. The van der Waals surface area contributed by atoms with Crippen molar-refractivity contribution < 1.29 is 4.79 Å². The van der Waals surface area contributed by atoms with Gasteiger partial charge in [-0.05, 0) is 36.3 Å². The molecule has 0 atom stereocenters. The first-order valence-electron chi connectivity index (χ1n) is 8.62. The molecule has 2 heterocycles. The van der Waals surface area contributed by atoms with Crippen molar-refractivity contribution in [3.63, 3.8) is 0 Å². The quantitative estimate of drug-likeness (QED) is 0.314. The van der Waals surface area contributed by atoms with Crippen LogP contribution in [-0.2, 0) is 17.8 Å². The predicted octanol–water partition coefficient (Wildman–Crippen LogP) is 2.88. The zero-order valence-corrected chi connectivity index (χ0v) is 17.1. The van der Waals surface area contributed by atoms with Crippen molar-refractivity contribution in [1.82, 2.24) is 10.2 Å². The van der Waals surface area contributed by atoms with Crippen molar-refractivity contribution in [2.24, 2.45) is 10.7 Å². The molecule has 24 heavy (non-hydrogen) atoms. The minimum Gasteiger partial charge on any atom is -0.370 e. The van der Waals surface area contributed by atoms with Gasteiger partial charge in [-0.25, -0.2) is 4.99 Å². The molecule has 1 aliphatic carbocycles. The van der Waals surface area contributed by atoms with E-state index in [1.54, 1.807) is 11.3 Å². The molecule has 3 N–H and O–H groups in total. The molecule has 0 spiro atoms. The molecule has 1 aromatic heterocycles. The standard InChI is InChI=1S/C17H26N4OS.HI/c18-17(20-14-5-3-1-2-4-6-14)19-11-16(22)21-9-7-15-13(12-21)8-10-23-15;/h8,10,14H,1-7,9,11-12H2,(H3,18,19,20);1H. The third-order valence-electron chi connectivity index (χ3n) is 4.75. The Kier molecular flexibility index (Phi) is 7.80. The van der Waals surface area contributed by atoms with Gasteiger partial charge in [-0.2, -0.15) is 0 Å². The lowest BCUT2D eigenvalue weighted by Crippen LogP contribution is -2.41. The Hall–Kier alpha value is -0.830. The summed E-state index contributed by atoms with van der Waals surface area (Å²) in [4.78, 5) is 19.9. The van der Waals surface area contributed by atoms with Crippen LogP contribution in [0.25, 0.3) is 0 Å². The maximum atomic E-state index is 12.3. The number of amides is 1. The van der Waals surface area contributed by atoms with Crippen LogP contribution in [0.1, 0.15) is 49.0 Å². The topological polar surface area (TPSA) is 70.7 Å². The van der Waals surface area contributed by atoms with Crippen LogP contribution in [0.3, 0.4) is 0 Å². The molecule has 1 aliphatic heterocycles. The summed E-state index contributed by atoms with van der Waals surface area (Å²) in [6.07, 6.45) is 8.38. The largest absolute Gasteiger partial charge is 0.370 e. The first kappa shape index (κ1) is 19.5. The van der Waals surface area contributed by atoms with Crippen LogP contribution in [0.15, 0.2) is 16.4 Å². The van der Waals surface area contributed by atoms with E-state index >= 15 is 0 Å². The summed E-state index contributed by atoms with van der Waals surface area (Å²) in [7, 11) is 0. The average molecular weight is 462 g/mol. The Labute approximate surface area is 165 Å². The fourth-order valence-corrected chi connectivity index (χ4v) is 4.28. The van der Waals surface area contributed by atoms with Crippen molar-refractivity contribution in [3.8, 4) is 0 Å². The van der Waals surface area contributed by atoms with Crippen LogP contribution in [0.5, 0.6) is 0 Å². The van der Waals surface area contributed by atoms with Crippen LogP contribution in [0.4, 0.5) is 0 Å². The van der Waals surface area contributed by atoms with Gasteiger partial charge in [0.15, 0.2) is 5.96 Å². The van der Waals surface area contributed by atoms with Crippen molar-refractivity contribution in [2.75, 3.05) is 13.1 Å². The second kappa shape index (κ2) is 9.60. The van der Waals surface area contributed by atoms with Gasteiger partial charge in [-0.15, -0.1) is 35.3 Å². The number of hydrogen-bond donors (Lipinski definition) is 2. The molecule has 2 aliphatic rings. The monoisotopic (exact) mass is 462 g/mol. The van der Waals surface area contributed by atoms with E-state index in [1.807, 2.05) is 4.90 Å². The minimum atomic E-state index is 0. The number of carbonyl (C=O) groups is 1. The SMILES string of the molecule is I.NC(=NCC(=O)N1CCc2sccc2C1)NC1CCCCCC1. The van der Waals surface area contributed by atoms with Crippen molar-refractivity contribution in [3.05, 3.63) is 21.9 Å². The molecule has 0 saturated heterocycles. The molecule has 1 aromatic rings. The lowest BCUT2D eigenvalue weighted by molar-refractivity contribution is -0.130. The maximum Gasteiger partial charge on any atom is 0.244 e. The molecular weight excluding hydrogens is 435 g/mol. The first-order valence-corrected chi connectivity index (χ1v) is 9.50. The van der Waals surface area contributed by atoms with E-state index in [-0.39, 0.29) is 36.4 Å². The molecule has 1 fully saturated rings. The van der Waals surface area contributed by atoms with E-state index in [9.17, 15) is 4.79 Å². The predicted molar refractivity (Wildman–Crippen MR) is 110 cm³/mol. The third kappa shape index (κ3) is 5.34. The van der Waals surface area contributed by atoms with Crippen LogP contribution >= 0.6 is 35.3 Å². The number of rotatable bonds is 3. The highest BCUT2D eigenvalue weighted by Crippen LogP contribution is 2.24. The molecule has 3 rings (SSSR count). The third-order valence-corrected chi connectivity index (χ3v) is 5.78. The number of nitrogens with one attached hydrogen (secondary N) is 1. The van der Waals surface area contributed by atoms with Crippen LogP contribution < -0.4 is 11.1 Å². The van der Waals surface area contributed by atoms with E-state index in [2.05, 4.69) is 21.8 Å². The van der Waals surface area contributed by atoms with Gasteiger partial charge in [0.1, 0.15) is 6.54 Å². The number of hydrogen-bond acceptors (Lipinski definition) is 3. The number of fused-ring (bicyclic) bond motifs is 1. The molecule has 0 bridgehead atoms. The number of thiophene rings is 1. The smallest absolute Gasteiger partial charge is 0.244 e. The maximum absolute atomic E-state index is 12.3. The summed E-state index contributed by atoms with van der Waals surface area (Å²) in [5.74, 6) is 0.478. The van der Waals surface area contributed by atoms with Gasteiger partial charge in [0.25, 0.3) is 0 Å². The molecular formula is C17H27IN4OS. The van der Waals surface area contributed by atoms with Crippen LogP contribution in [-0.4, -0.2) is 35.9 Å². The van der Waals surface area contributed by atoms with Gasteiger partial charge in [0.2, 0.25) is 5.91 Å². The highest BCUT2D eigenvalue weighted by molar-refractivity contribution is 14.0. The number of aliphatic imine (C=N–C) groups is 1. The molecule has 1 amide bonds. The average Bonchev–Trinajstić information content (AvgIpc) is 2.88. The van der Waals surface area contributed by atoms with E-state index in [0.717, 1.165) is 25.8 Å². The van der Waals surface area contributed by atoms with Crippen molar-refractivity contribution in [2.45, 2.75) is 57.5 Å². The lowest BCUT2D eigenvalue weighted by Gasteiger charge is -2.26. The van der Waals surface area contributed by atoms with Gasteiger partial charge in [0.05, 0.1) is 0 Å².